The number of benzene rings is 2. The number of amides is 1. The maximum absolute atomic E-state index is 13.5. The Hall–Kier alpha value is -3.25. The second kappa shape index (κ2) is 8.41. The lowest BCUT2D eigenvalue weighted by Gasteiger charge is -2.21. The van der Waals surface area contributed by atoms with Crippen molar-refractivity contribution in [2.45, 2.75) is 19.9 Å². The van der Waals surface area contributed by atoms with E-state index in [1.165, 1.54) is 16.9 Å². The zero-order valence-corrected chi connectivity index (χ0v) is 17.1. The van der Waals surface area contributed by atoms with Gasteiger partial charge in [-0.25, -0.2) is 4.98 Å². The summed E-state index contributed by atoms with van der Waals surface area (Å²) in [6.45, 7) is 2.51. The lowest BCUT2D eigenvalue weighted by molar-refractivity contribution is 0.0982. The molecule has 0 spiro atoms. The summed E-state index contributed by atoms with van der Waals surface area (Å²) >= 11 is 1.52. The third kappa shape index (κ3) is 3.98. The Labute approximate surface area is 173 Å². The normalized spacial score (nSPS) is 10.8. The van der Waals surface area contributed by atoms with Gasteiger partial charge in [0.2, 0.25) is 0 Å². The molecule has 1 amide bonds. The number of fused-ring (bicyclic) bond motifs is 1. The van der Waals surface area contributed by atoms with Gasteiger partial charge in [-0.1, -0.05) is 42.5 Å². The third-order valence-corrected chi connectivity index (χ3v) is 5.77. The number of thiazole rings is 1. The van der Waals surface area contributed by atoms with Crippen LogP contribution in [-0.2, 0) is 13.0 Å². The molecule has 0 fully saturated rings. The van der Waals surface area contributed by atoms with Crippen LogP contribution in [0.2, 0.25) is 0 Å². The molecule has 4 aromatic rings. The number of hydrogen-bond acceptors (Lipinski definition) is 5. The van der Waals surface area contributed by atoms with Crippen LogP contribution < -0.4 is 9.64 Å². The second-order valence-electron chi connectivity index (χ2n) is 6.60. The summed E-state index contributed by atoms with van der Waals surface area (Å²) in [5, 5.41) is 0.660. The van der Waals surface area contributed by atoms with Gasteiger partial charge in [-0.3, -0.25) is 14.7 Å². The molecule has 0 aliphatic heterocycles. The fraction of sp³-hybridized carbons (Fsp3) is 0.174. The maximum atomic E-state index is 13.5. The summed E-state index contributed by atoms with van der Waals surface area (Å²) in [6.07, 6.45) is 4.45. The molecule has 0 bridgehead atoms. The van der Waals surface area contributed by atoms with Crippen molar-refractivity contribution in [3.63, 3.8) is 0 Å². The fourth-order valence-corrected chi connectivity index (χ4v) is 4.19. The molecule has 2 aromatic heterocycles. The van der Waals surface area contributed by atoms with Crippen molar-refractivity contribution in [1.29, 1.82) is 0 Å². The third-order valence-electron chi connectivity index (χ3n) is 4.73. The molecule has 0 radical (unpaired) electrons. The summed E-state index contributed by atoms with van der Waals surface area (Å²) in [6, 6.07) is 17.3. The first kappa shape index (κ1) is 19.1. The van der Waals surface area contributed by atoms with Crippen LogP contribution in [0.4, 0.5) is 5.13 Å². The number of anilines is 1. The van der Waals surface area contributed by atoms with E-state index in [-0.39, 0.29) is 5.91 Å². The zero-order valence-electron chi connectivity index (χ0n) is 16.3. The number of methoxy groups -OCH3 is 1. The van der Waals surface area contributed by atoms with Crippen molar-refractivity contribution < 1.29 is 9.53 Å². The van der Waals surface area contributed by atoms with Crippen molar-refractivity contribution >= 4 is 32.6 Å². The summed E-state index contributed by atoms with van der Waals surface area (Å²) in [5.41, 5.74) is 3.59. The monoisotopic (exact) mass is 403 g/mol. The van der Waals surface area contributed by atoms with E-state index in [4.69, 9.17) is 9.72 Å². The standard InChI is InChI=1S/C23H21N3O2S/c1-3-16-10-11-19-21(13-16)29-23(25-19)26(15-17-7-6-12-24-14-17)22(27)18-8-4-5-9-20(18)28-2/h4-14H,3,15H2,1-2H3. The molecular weight excluding hydrogens is 382 g/mol. The molecule has 2 heterocycles. The highest BCUT2D eigenvalue weighted by molar-refractivity contribution is 7.22. The highest BCUT2D eigenvalue weighted by Crippen LogP contribution is 2.32. The Balaban J connectivity index is 1.79. The van der Waals surface area contributed by atoms with Gasteiger partial charge >= 0.3 is 0 Å². The molecular formula is C23H21N3O2S. The molecule has 0 saturated heterocycles. The van der Waals surface area contributed by atoms with Gasteiger partial charge in [-0.05, 0) is 47.9 Å². The minimum atomic E-state index is -0.152. The Bertz CT molecular complexity index is 1140. The summed E-state index contributed by atoms with van der Waals surface area (Å²) in [4.78, 5) is 24.2. The highest BCUT2D eigenvalue weighted by atomic mass is 32.1. The van der Waals surface area contributed by atoms with E-state index in [1.807, 2.05) is 30.3 Å². The lowest BCUT2D eigenvalue weighted by atomic mass is 10.1. The largest absolute Gasteiger partial charge is 0.496 e. The van der Waals surface area contributed by atoms with Crippen molar-refractivity contribution in [2.24, 2.45) is 0 Å². The van der Waals surface area contributed by atoms with Crippen LogP contribution in [0.5, 0.6) is 5.75 Å². The van der Waals surface area contributed by atoms with Gasteiger partial charge in [-0.15, -0.1) is 0 Å². The summed E-state index contributed by atoms with van der Waals surface area (Å²) in [7, 11) is 1.57. The van der Waals surface area contributed by atoms with Gasteiger partial charge in [0.25, 0.3) is 5.91 Å². The van der Waals surface area contributed by atoms with E-state index >= 15 is 0 Å². The van der Waals surface area contributed by atoms with Crippen LogP contribution in [0.15, 0.2) is 67.0 Å². The predicted octanol–water partition coefficient (Wildman–Crippen LogP) is 5.11. The van der Waals surface area contributed by atoms with E-state index in [1.54, 1.807) is 36.5 Å². The first-order valence-electron chi connectivity index (χ1n) is 9.43. The van der Waals surface area contributed by atoms with Crippen molar-refractivity contribution in [3.05, 3.63) is 83.7 Å². The Morgan fingerprint density at radius 1 is 1.10 bits per heavy atom. The van der Waals surface area contributed by atoms with E-state index in [0.29, 0.717) is 23.0 Å². The van der Waals surface area contributed by atoms with Gasteiger partial charge in [0.05, 0.1) is 29.4 Å². The van der Waals surface area contributed by atoms with Gasteiger partial charge in [0.1, 0.15) is 5.75 Å². The van der Waals surface area contributed by atoms with Crippen LogP contribution in [0.1, 0.15) is 28.4 Å². The van der Waals surface area contributed by atoms with E-state index < -0.39 is 0 Å². The molecule has 0 saturated carbocycles. The number of carbonyl (C=O) groups is 1. The number of para-hydroxylation sites is 1. The number of pyridine rings is 1. The quantitative estimate of drug-likeness (QED) is 0.449. The van der Waals surface area contributed by atoms with Crippen LogP contribution >= 0.6 is 11.3 Å². The minimum absolute atomic E-state index is 0.152. The number of hydrogen-bond donors (Lipinski definition) is 0. The Morgan fingerprint density at radius 2 is 1.97 bits per heavy atom. The average Bonchev–Trinajstić information content (AvgIpc) is 3.20. The first-order chi connectivity index (χ1) is 14.2. The molecule has 29 heavy (non-hydrogen) atoms. The molecule has 2 aromatic carbocycles. The van der Waals surface area contributed by atoms with E-state index in [2.05, 4.69) is 24.0 Å². The molecule has 0 aliphatic carbocycles. The summed E-state index contributed by atoms with van der Waals surface area (Å²) in [5.74, 6) is 0.393. The molecule has 0 N–H and O–H groups in total. The molecule has 0 atom stereocenters. The van der Waals surface area contributed by atoms with Crippen molar-refractivity contribution in [3.8, 4) is 5.75 Å². The van der Waals surface area contributed by atoms with Gasteiger partial charge < -0.3 is 4.74 Å². The Morgan fingerprint density at radius 3 is 2.72 bits per heavy atom. The van der Waals surface area contributed by atoms with Crippen LogP contribution in [0.25, 0.3) is 10.2 Å². The predicted molar refractivity (Wildman–Crippen MR) is 117 cm³/mol. The van der Waals surface area contributed by atoms with Gasteiger partial charge in [-0.2, -0.15) is 0 Å². The maximum Gasteiger partial charge on any atom is 0.264 e. The number of nitrogens with zero attached hydrogens (tertiary/aromatic N) is 3. The first-order valence-corrected chi connectivity index (χ1v) is 10.2. The molecule has 5 nitrogen and oxygen atoms in total. The van der Waals surface area contributed by atoms with Gasteiger partial charge in [0, 0.05) is 12.4 Å². The molecule has 146 valence electrons. The smallest absolute Gasteiger partial charge is 0.264 e. The number of aromatic nitrogens is 2. The number of ether oxygens (including phenoxy) is 1. The zero-order chi connectivity index (χ0) is 20.2. The Kier molecular flexibility index (Phi) is 5.53. The summed E-state index contributed by atoms with van der Waals surface area (Å²) < 4.78 is 6.49. The second-order valence-corrected chi connectivity index (χ2v) is 7.61. The van der Waals surface area contributed by atoms with Crippen molar-refractivity contribution in [2.75, 3.05) is 12.0 Å². The molecule has 0 aliphatic rings. The topological polar surface area (TPSA) is 55.3 Å². The van der Waals surface area contributed by atoms with Crippen molar-refractivity contribution in [1.82, 2.24) is 9.97 Å². The number of aryl methyl sites for hydroxylation is 1. The average molecular weight is 404 g/mol. The fourth-order valence-electron chi connectivity index (χ4n) is 3.16. The highest BCUT2D eigenvalue weighted by Gasteiger charge is 2.24. The van der Waals surface area contributed by atoms with E-state index in [9.17, 15) is 4.79 Å². The molecule has 0 unspecified atom stereocenters. The number of carbonyl (C=O) groups excluding carboxylic acids is 1. The van der Waals surface area contributed by atoms with Crippen LogP contribution in [0.3, 0.4) is 0 Å². The minimum Gasteiger partial charge on any atom is -0.496 e. The SMILES string of the molecule is CCc1ccc2nc(N(Cc3cccnc3)C(=O)c3ccccc3OC)sc2c1. The van der Waals surface area contributed by atoms with Crippen LogP contribution in [0, 0.1) is 0 Å². The lowest BCUT2D eigenvalue weighted by Crippen LogP contribution is -2.30. The number of rotatable bonds is 6. The molecule has 6 heteroatoms. The van der Waals surface area contributed by atoms with E-state index in [0.717, 1.165) is 22.2 Å². The molecule has 4 rings (SSSR count). The van der Waals surface area contributed by atoms with Gasteiger partial charge in [0.15, 0.2) is 5.13 Å². The van der Waals surface area contributed by atoms with Crippen LogP contribution in [-0.4, -0.2) is 23.0 Å².